The van der Waals surface area contributed by atoms with E-state index in [9.17, 15) is 10.1 Å². The van der Waals surface area contributed by atoms with Crippen molar-refractivity contribution in [2.24, 2.45) is 0 Å². The average Bonchev–Trinajstić information content (AvgIpc) is 2.04. The Morgan fingerprint density at radius 1 is 1.73 bits per heavy atom. The highest BCUT2D eigenvalue weighted by Gasteiger charge is 2.12. The van der Waals surface area contributed by atoms with Crippen molar-refractivity contribution in [2.45, 2.75) is 5.03 Å². The number of pyridine rings is 1. The van der Waals surface area contributed by atoms with Crippen molar-refractivity contribution in [2.75, 3.05) is 0 Å². The van der Waals surface area contributed by atoms with E-state index < -0.39 is 4.92 Å². The van der Waals surface area contributed by atoms with Crippen molar-refractivity contribution in [3.05, 3.63) is 28.4 Å². The highest BCUT2D eigenvalue weighted by atomic mass is 79.9. The normalized spacial score (nSPS) is 9.55. The van der Waals surface area contributed by atoms with Gasteiger partial charge in [0.05, 0.1) is 4.92 Å². The summed E-state index contributed by atoms with van der Waals surface area (Å²) in [5.74, 6) is 0. The van der Waals surface area contributed by atoms with E-state index in [2.05, 4.69) is 19.8 Å². The first-order chi connectivity index (χ1) is 5.25. The summed E-state index contributed by atoms with van der Waals surface area (Å²) in [6.45, 7) is 0. The highest BCUT2D eigenvalue weighted by molar-refractivity contribution is 9.50. The lowest BCUT2D eigenvalue weighted by molar-refractivity contribution is -0.388. The second kappa shape index (κ2) is 3.68. The molecule has 1 aromatic rings. The van der Waals surface area contributed by atoms with E-state index in [0.717, 1.165) is 10.2 Å². The van der Waals surface area contributed by atoms with E-state index >= 15 is 0 Å². The second-order valence-corrected chi connectivity index (χ2v) is 3.17. The third-order valence-electron chi connectivity index (χ3n) is 1.02. The van der Waals surface area contributed by atoms with Gasteiger partial charge in [0.1, 0.15) is 0 Å². The van der Waals surface area contributed by atoms with Gasteiger partial charge >= 0.3 is 5.69 Å². The predicted octanol–water partition coefficient (Wildman–Crippen LogP) is 2.39. The van der Waals surface area contributed by atoms with Crippen molar-refractivity contribution in [1.82, 2.24) is 4.98 Å². The number of rotatable bonds is 2. The summed E-state index contributed by atoms with van der Waals surface area (Å²) >= 11 is 3.03. The average molecular weight is 235 g/mol. The van der Waals surface area contributed by atoms with Crippen LogP contribution in [0.25, 0.3) is 0 Å². The number of nitrogens with zero attached hydrogens (tertiary/aromatic N) is 2. The van der Waals surface area contributed by atoms with Crippen LogP contribution in [0.15, 0.2) is 23.4 Å². The van der Waals surface area contributed by atoms with Crippen molar-refractivity contribution in [3.8, 4) is 0 Å². The van der Waals surface area contributed by atoms with E-state index in [-0.39, 0.29) is 5.69 Å². The molecule has 1 aromatic heterocycles. The first-order valence-corrected chi connectivity index (χ1v) is 5.29. The van der Waals surface area contributed by atoms with Gasteiger partial charge in [0.2, 0.25) is 0 Å². The van der Waals surface area contributed by atoms with E-state index in [4.69, 9.17) is 0 Å². The minimum Gasteiger partial charge on any atom is -0.258 e. The Bertz CT molecular complexity index is 281. The van der Waals surface area contributed by atoms with Crippen LogP contribution in [-0.2, 0) is 0 Å². The molecule has 0 bridgehead atoms. The maximum absolute atomic E-state index is 10.3. The molecule has 11 heavy (non-hydrogen) atoms. The summed E-state index contributed by atoms with van der Waals surface area (Å²) in [5, 5.41) is 10.7. The maximum Gasteiger partial charge on any atom is 0.302 e. The molecular weight excluding hydrogens is 232 g/mol. The molecule has 0 N–H and O–H groups in total. The monoisotopic (exact) mass is 234 g/mol. The van der Waals surface area contributed by atoms with Gasteiger partial charge < -0.3 is 0 Å². The molecule has 1 heterocycles. The third-order valence-corrected chi connectivity index (χ3v) is 2.40. The summed E-state index contributed by atoms with van der Waals surface area (Å²) < 4.78 is 0. The van der Waals surface area contributed by atoms with Gasteiger partial charge in [-0.05, 0) is 31.1 Å². The van der Waals surface area contributed by atoms with Crippen molar-refractivity contribution in [3.63, 3.8) is 0 Å². The first kappa shape index (κ1) is 8.48. The zero-order valence-corrected chi connectivity index (χ0v) is 7.63. The molecule has 0 aliphatic heterocycles. The second-order valence-electron chi connectivity index (χ2n) is 1.66. The van der Waals surface area contributed by atoms with Gasteiger partial charge in [-0.1, -0.05) is 0 Å². The zero-order chi connectivity index (χ0) is 8.27. The van der Waals surface area contributed by atoms with Gasteiger partial charge in [0.15, 0.2) is 5.03 Å². The number of aromatic nitrogens is 1. The Morgan fingerprint density at radius 2 is 2.45 bits per heavy atom. The lowest BCUT2D eigenvalue weighted by Gasteiger charge is -1.93. The molecule has 6 heteroatoms. The Morgan fingerprint density at radius 3 is 2.91 bits per heavy atom. The molecule has 0 amide bonds. The van der Waals surface area contributed by atoms with Crippen LogP contribution in [0.2, 0.25) is 0 Å². The summed E-state index contributed by atoms with van der Waals surface area (Å²) in [4.78, 5) is 13.6. The van der Waals surface area contributed by atoms with Crippen LogP contribution >= 0.6 is 25.0 Å². The van der Waals surface area contributed by atoms with Crippen LogP contribution < -0.4 is 0 Å². The summed E-state index contributed by atoms with van der Waals surface area (Å²) in [5.41, 5.74) is 0.0226. The standard InChI is InChI=1S/C5H3BrN2O2S/c6-11-5-4(8(9)10)2-1-3-7-5/h1-3H. The molecule has 0 aliphatic rings. The minimum absolute atomic E-state index is 0.0226. The van der Waals surface area contributed by atoms with Gasteiger partial charge in [-0.15, -0.1) is 0 Å². The molecule has 0 saturated heterocycles. The molecule has 4 nitrogen and oxygen atoms in total. The van der Waals surface area contributed by atoms with Crippen molar-refractivity contribution >= 4 is 30.7 Å². The number of halogens is 1. The number of hydrogen-bond donors (Lipinski definition) is 0. The molecule has 0 spiro atoms. The molecule has 0 radical (unpaired) electrons. The summed E-state index contributed by atoms with van der Waals surface area (Å²) in [6.07, 6.45) is 1.51. The van der Waals surface area contributed by atoms with Gasteiger partial charge in [0.25, 0.3) is 0 Å². The lowest BCUT2D eigenvalue weighted by atomic mass is 10.4. The van der Waals surface area contributed by atoms with Crippen LogP contribution in [0.5, 0.6) is 0 Å². The summed E-state index contributed by atoms with van der Waals surface area (Å²) in [6, 6.07) is 2.95. The number of nitro groups is 1. The van der Waals surface area contributed by atoms with Crippen LogP contribution in [0.1, 0.15) is 0 Å². The molecular formula is C5H3BrN2O2S. The fourth-order valence-corrected chi connectivity index (χ4v) is 1.65. The summed E-state index contributed by atoms with van der Waals surface area (Å²) in [7, 11) is 1.08. The smallest absolute Gasteiger partial charge is 0.258 e. The first-order valence-electron chi connectivity index (χ1n) is 2.63. The van der Waals surface area contributed by atoms with E-state index in [1.165, 1.54) is 18.3 Å². The van der Waals surface area contributed by atoms with E-state index in [1.54, 1.807) is 0 Å². The van der Waals surface area contributed by atoms with Gasteiger partial charge in [-0.3, -0.25) is 10.1 Å². The topological polar surface area (TPSA) is 56.0 Å². The maximum atomic E-state index is 10.3. The molecule has 0 aromatic carbocycles. The molecule has 0 saturated carbocycles. The highest BCUT2D eigenvalue weighted by Crippen LogP contribution is 2.30. The Hall–Kier alpha value is -0.620. The molecule has 58 valence electrons. The lowest BCUT2D eigenvalue weighted by Crippen LogP contribution is -1.90. The molecule has 0 atom stereocenters. The van der Waals surface area contributed by atoms with Gasteiger partial charge in [-0.2, -0.15) is 0 Å². The quantitative estimate of drug-likeness (QED) is 0.583. The Balaban J connectivity index is 3.12. The van der Waals surface area contributed by atoms with Crippen molar-refractivity contribution in [1.29, 1.82) is 0 Å². The Kier molecular flexibility index (Phi) is 2.84. The molecule has 1 rings (SSSR count). The Labute approximate surface area is 74.4 Å². The van der Waals surface area contributed by atoms with Crippen LogP contribution in [0.4, 0.5) is 5.69 Å². The molecule has 0 aliphatic carbocycles. The number of hydrogen-bond acceptors (Lipinski definition) is 4. The van der Waals surface area contributed by atoms with E-state index in [1.807, 2.05) is 0 Å². The van der Waals surface area contributed by atoms with Crippen LogP contribution in [0.3, 0.4) is 0 Å². The van der Waals surface area contributed by atoms with Crippen LogP contribution in [0, 0.1) is 10.1 Å². The molecule has 0 unspecified atom stereocenters. The SMILES string of the molecule is O=[N+]([O-])c1cccnc1SBr. The van der Waals surface area contributed by atoms with E-state index in [0.29, 0.717) is 5.03 Å². The molecule has 0 fully saturated rings. The fourth-order valence-electron chi connectivity index (χ4n) is 0.581. The fraction of sp³-hybridized carbons (Fsp3) is 0. The van der Waals surface area contributed by atoms with Crippen LogP contribution in [-0.4, -0.2) is 9.91 Å². The third kappa shape index (κ3) is 1.90. The van der Waals surface area contributed by atoms with Crippen molar-refractivity contribution < 1.29 is 4.92 Å². The predicted molar refractivity (Wildman–Crippen MR) is 45.7 cm³/mol. The largest absolute Gasteiger partial charge is 0.302 e. The van der Waals surface area contributed by atoms with Gasteiger partial charge in [0, 0.05) is 12.3 Å². The van der Waals surface area contributed by atoms with Gasteiger partial charge in [-0.25, -0.2) is 4.98 Å². The minimum atomic E-state index is -0.462. The zero-order valence-electron chi connectivity index (χ0n) is 5.23.